The number of aliphatic hydroxyl groups excluding tert-OH is 1. The number of Topliss-reactive ketones (excluding diaryl/α,β-unsaturated/α-hetero) is 1. The van der Waals surface area contributed by atoms with E-state index >= 15 is 0 Å². The Labute approximate surface area is 205 Å². The number of carbonyl (C=O) groups is 1. The van der Waals surface area contributed by atoms with Crippen LogP contribution in [0.25, 0.3) is 5.57 Å². The van der Waals surface area contributed by atoms with Crippen molar-refractivity contribution in [2.75, 3.05) is 26.7 Å². The summed E-state index contributed by atoms with van der Waals surface area (Å²) in [6, 6.07) is 13.1. The molecule has 6 rings (SSSR count). The Kier molecular flexibility index (Phi) is 5.77. The van der Waals surface area contributed by atoms with Gasteiger partial charge in [0.15, 0.2) is 5.78 Å². The third kappa shape index (κ3) is 3.91. The fraction of sp³-hybridized carbons (Fsp3) is 0.500. The van der Waals surface area contributed by atoms with E-state index in [4.69, 9.17) is 9.47 Å². The van der Waals surface area contributed by atoms with Crippen molar-refractivity contribution >= 4 is 11.4 Å². The summed E-state index contributed by atoms with van der Waals surface area (Å²) in [6.07, 6.45) is 3.07. The number of nitrogens with zero attached hydrogens (tertiary/aromatic N) is 2. The molecule has 4 aliphatic rings. The predicted molar refractivity (Wildman–Crippen MR) is 131 cm³/mol. The molecule has 2 aromatic rings. The van der Waals surface area contributed by atoms with Gasteiger partial charge in [-0.05, 0) is 37.3 Å². The molecule has 6 atom stereocenters. The highest BCUT2D eigenvalue weighted by atomic mass is 16.5. The lowest BCUT2D eigenvalue weighted by atomic mass is 9.71. The van der Waals surface area contributed by atoms with Crippen molar-refractivity contribution in [3.63, 3.8) is 0 Å². The van der Waals surface area contributed by atoms with E-state index in [0.717, 1.165) is 37.3 Å². The molecular formula is C28H32N2O5. The number of aliphatic hydroxyl groups is 1. The summed E-state index contributed by atoms with van der Waals surface area (Å²) in [5, 5.41) is 11.0. The van der Waals surface area contributed by atoms with E-state index in [1.807, 2.05) is 34.9 Å². The number of pyridine rings is 1. The highest BCUT2D eigenvalue weighted by Gasteiger charge is 2.47. The molecule has 3 aliphatic heterocycles. The maximum Gasteiger partial charge on any atom is 0.250 e. The second-order valence-electron chi connectivity index (χ2n) is 10.5. The highest BCUT2D eigenvalue weighted by molar-refractivity contribution is 6.22. The first-order valence-corrected chi connectivity index (χ1v) is 12.7. The quantitative estimate of drug-likeness (QED) is 0.731. The van der Waals surface area contributed by atoms with E-state index in [9.17, 15) is 14.7 Å². The fourth-order valence-corrected chi connectivity index (χ4v) is 6.86. The predicted octanol–water partition coefficient (Wildman–Crippen LogP) is 2.67. The molecule has 184 valence electrons. The van der Waals surface area contributed by atoms with Crippen LogP contribution in [-0.4, -0.2) is 59.3 Å². The number of hydrogen-bond acceptors (Lipinski definition) is 6. The van der Waals surface area contributed by atoms with Crippen LogP contribution >= 0.6 is 0 Å². The summed E-state index contributed by atoms with van der Waals surface area (Å²) in [5.41, 5.74) is 2.50. The standard InChI is InChI=1S/C28H32N2O5/c1-34-25-7-3-2-5-19(25)22-16-35-28-20(27(22)33)9-10-24(31)21(28)15-29-12-17-11-18(14-29)23-6-4-8-26(32)30(23)13-17/h2-8,16-18,20-21,24,28,31H,9-15H2,1H3. The molecule has 7 nitrogen and oxygen atoms in total. The van der Waals surface area contributed by atoms with Crippen molar-refractivity contribution in [2.24, 2.45) is 17.8 Å². The minimum absolute atomic E-state index is 0.0754. The molecule has 1 aromatic carbocycles. The normalized spacial score (nSPS) is 32.2. The summed E-state index contributed by atoms with van der Waals surface area (Å²) in [7, 11) is 1.60. The average Bonchev–Trinajstić information content (AvgIpc) is 2.87. The van der Waals surface area contributed by atoms with Crippen molar-refractivity contribution < 1.29 is 19.4 Å². The molecule has 0 radical (unpaired) electrons. The fourth-order valence-electron chi connectivity index (χ4n) is 6.86. The smallest absolute Gasteiger partial charge is 0.250 e. The summed E-state index contributed by atoms with van der Waals surface area (Å²) in [6.45, 7) is 3.20. The first-order chi connectivity index (χ1) is 17.0. The van der Waals surface area contributed by atoms with Crippen LogP contribution in [0.3, 0.4) is 0 Å². The SMILES string of the molecule is COc1ccccc1C1=COC2C(CCC(O)C2CN2CC3CC(C2)c2cccc(=O)n2C3)C1=O. The van der Waals surface area contributed by atoms with Crippen LogP contribution in [-0.2, 0) is 16.1 Å². The largest absolute Gasteiger partial charge is 0.496 e. The topological polar surface area (TPSA) is 81.0 Å². The zero-order chi connectivity index (χ0) is 24.1. The number of para-hydroxylation sites is 1. The van der Waals surface area contributed by atoms with Crippen LogP contribution in [0.15, 0.2) is 53.5 Å². The van der Waals surface area contributed by atoms with Gasteiger partial charge in [0.05, 0.1) is 31.0 Å². The summed E-state index contributed by atoms with van der Waals surface area (Å²) in [4.78, 5) is 28.3. The van der Waals surface area contributed by atoms with Gasteiger partial charge in [0.25, 0.3) is 5.56 Å². The first kappa shape index (κ1) is 22.6. The molecule has 1 saturated carbocycles. The van der Waals surface area contributed by atoms with Crippen LogP contribution in [0.1, 0.15) is 36.4 Å². The molecule has 1 N–H and O–H groups in total. The Hall–Kier alpha value is -2.90. The molecule has 35 heavy (non-hydrogen) atoms. The third-order valence-corrected chi connectivity index (χ3v) is 8.45. The monoisotopic (exact) mass is 476 g/mol. The first-order valence-electron chi connectivity index (χ1n) is 12.7. The molecule has 2 fully saturated rings. The lowest BCUT2D eigenvalue weighted by Crippen LogP contribution is -2.54. The van der Waals surface area contributed by atoms with Gasteiger partial charge in [-0.1, -0.05) is 24.3 Å². The van der Waals surface area contributed by atoms with E-state index in [1.54, 1.807) is 19.4 Å². The average molecular weight is 477 g/mol. The maximum atomic E-state index is 13.6. The molecule has 6 unspecified atom stereocenters. The number of fused-ring (bicyclic) bond motifs is 5. The number of carbonyl (C=O) groups excluding carboxylic acids is 1. The molecule has 0 spiro atoms. The van der Waals surface area contributed by atoms with E-state index in [2.05, 4.69) is 11.0 Å². The van der Waals surface area contributed by atoms with Crippen LogP contribution < -0.4 is 10.3 Å². The van der Waals surface area contributed by atoms with Crippen LogP contribution in [0.2, 0.25) is 0 Å². The Morgan fingerprint density at radius 1 is 1.06 bits per heavy atom. The molecule has 1 saturated heterocycles. The number of benzene rings is 1. The Balaban J connectivity index is 1.23. The second kappa shape index (κ2) is 8.95. The van der Waals surface area contributed by atoms with Crippen molar-refractivity contribution in [1.82, 2.24) is 9.47 Å². The van der Waals surface area contributed by atoms with Gasteiger partial charge in [0, 0.05) is 55.3 Å². The Morgan fingerprint density at radius 2 is 1.91 bits per heavy atom. The van der Waals surface area contributed by atoms with Crippen LogP contribution in [0.4, 0.5) is 0 Å². The van der Waals surface area contributed by atoms with Crippen molar-refractivity contribution in [2.45, 2.75) is 43.9 Å². The highest BCUT2D eigenvalue weighted by Crippen LogP contribution is 2.42. The summed E-state index contributed by atoms with van der Waals surface area (Å²) >= 11 is 0. The van der Waals surface area contributed by atoms with Gasteiger partial charge in [0.2, 0.25) is 0 Å². The number of ether oxygens (including phenoxy) is 2. The zero-order valence-corrected chi connectivity index (χ0v) is 20.0. The molecule has 2 bridgehead atoms. The molecular weight excluding hydrogens is 444 g/mol. The number of rotatable bonds is 4. The molecule has 0 amide bonds. The summed E-state index contributed by atoms with van der Waals surface area (Å²) < 4.78 is 13.7. The number of likely N-dealkylation sites (tertiary alicyclic amines) is 1. The number of methoxy groups -OCH3 is 1. The van der Waals surface area contributed by atoms with Gasteiger partial charge in [-0.15, -0.1) is 0 Å². The van der Waals surface area contributed by atoms with Crippen LogP contribution in [0.5, 0.6) is 5.75 Å². The Bertz CT molecular complexity index is 1220. The summed E-state index contributed by atoms with van der Waals surface area (Å²) in [5.74, 6) is 1.07. The van der Waals surface area contributed by atoms with Gasteiger partial charge in [-0.25, -0.2) is 0 Å². The van der Waals surface area contributed by atoms with Gasteiger partial charge < -0.3 is 24.0 Å². The number of aromatic nitrogens is 1. The van der Waals surface area contributed by atoms with Crippen molar-refractivity contribution in [1.29, 1.82) is 0 Å². The lowest BCUT2D eigenvalue weighted by molar-refractivity contribution is -0.134. The van der Waals surface area contributed by atoms with E-state index in [-0.39, 0.29) is 29.3 Å². The van der Waals surface area contributed by atoms with E-state index < -0.39 is 6.10 Å². The van der Waals surface area contributed by atoms with E-state index in [1.165, 1.54) is 0 Å². The zero-order valence-electron chi connectivity index (χ0n) is 20.0. The van der Waals surface area contributed by atoms with Crippen molar-refractivity contribution in [3.05, 3.63) is 70.3 Å². The van der Waals surface area contributed by atoms with Crippen LogP contribution in [0, 0.1) is 17.8 Å². The molecule has 1 aromatic heterocycles. The Morgan fingerprint density at radius 3 is 2.77 bits per heavy atom. The van der Waals surface area contributed by atoms with Crippen molar-refractivity contribution in [3.8, 4) is 5.75 Å². The lowest BCUT2D eigenvalue weighted by Gasteiger charge is -2.47. The minimum Gasteiger partial charge on any atom is -0.496 e. The van der Waals surface area contributed by atoms with Gasteiger partial charge in [-0.2, -0.15) is 0 Å². The second-order valence-corrected chi connectivity index (χ2v) is 10.5. The third-order valence-electron chi connectivity index (χ3n) is 8.45. The molecule has 4 heterocycles. The van der Waals surface area contributed by atoms with Gasteiger partial charge in [0.1, 0.15) is 11.9 Å². The number of piperidine rings is 1. The minimum atomic E-state index is -0.498. The number of ketones is 1. The maximum absolute atomic E-state index is 13.6. The molecule has 7 heteroatoms. The van der Waals surface area contributed by atoms with E-state index in [0.29, 0.717) is 42.5 Å². The number of hydrogen-bond donors (Lipinski definition) is 1. The van der Waals surface area contributed by atoms with Gasteiger partial charge >= 0.3 is 0 Å². The van der Waals surface area contributed by atoms with Gasteiger partial charge in [-0.3, -0.25) is 9.59 Å². The molecule has 1 aliphatic carbocycles. The number of allylic oxidation sites excluding steroid dienone is 1.